The molecule has 0 fully saturated rings. The van der Waals surface area contributed by atoms with Gasteiger partial charge in [0.2, 0.25) is 0 Å². The van der Waals surface area contributed by atoms with E-state index in [1.165, 1.54) is 18.2 Å². The van der Waals surface area contributed by atoms with Gasteiger partial charge in [0.15, 0.2) is 5.82 Å². The Kier molecular flexibility index (Phi) is 3.79. The van der Waals surface area contributed by atoms with Crippen LogP contribution in [0, 0.1) is 5.82 Å². The Morgan fingerprint density at radius 1 is 1.11 bits per heavy atom. The molecular weight excluding hydrogens is 362 g/mol. The summed E-state index contributed by atoms with van der Waals surface area (Å²) in [7, 11) is 0. The van der Waals surface area contributed by atoms with Crippen molar-refractivity contribution in [2.45, 2.75) is 6.18 Å². The standard InChI is InChI=1S/C18H11F4N5/c1-9(18(20,21)22)15-11-5-4-10(7-12(11)13(19)8-24-15)25-17-16-14(26-27-17)3-2-6-23-16/h2-8H,1H2,(H2,25,26,27). The van der Waals surface area contributed by atoms with Gasteiger partial charge in [-0.1, -0.05) is 12.6 Å². The molecule has 0 atom stereocenters. The van der Waals surface area contributed by atoms with Crippen LogP contribution in [0.15, 0.2) is 49.3 Å². The summed E-state index contributed by atoms with van der Waals surface area (Å²) in [5.74, 6) is -0.322. The first-order chi connectivity index (χ1) is 12.8. The quantitative estimate of drug-likeness (QED) is 0.498. The number of benzene rings is 1. The molecule has 5 nitrogen and oxygen atoms in total. The van der Waals surface area contributed by atoms with Crippen LogP contribution in [0.2, 0.25) is 0 Å². The van der Waals surface area contributed by atoms with Crippen molar-refractivity contribution in [3.05, 3.63) is 60.8 Å². The summed E-state index contributed by atoms with van der Waals surface area (Å²) in [4.78, 5) is 7.78. The molecule has 0 aliphatic rings. The van der Waals surface area contributed by atoms with Crippen LogP contribution >= 0.6 is 0 Å². The third-order valence-corrected chi connectivity index (χ3v) is 4.05. The lowest BCUT2D eigenvalue weighted by Gasteiger charge is -2.13. The first kappa shape index (κ1) is 17.0. The fourth-order valence-electron chi connectivity index (χ4n) is 2.74. The highest BCUT2D eigenvalue weighted by Gasteiger charge is 2.35. The fourth-order valence-corrected chi connectivity index (χ4v) is 2.74. The van der Waals surface area contributed by atoms with Crippen molar-refractivity contribution in [1.29, 1.82) is 0 Å². The molecule has 4 rings (SSSR count). The summed E-state index contributed by atoms with van der Waals surface area (Å²) in [6.07, 6.45) is -2.30. The second-order valence-corrected chi connectivity index (χ2v) is 5.79. The first-order valence-corrected chi connectivity index (χ1v) is 7.75. The number of H-pyrrole nitrogens is 1. The van der Waals surface area contributed by atoms with Crippen LogP contribution in [-0.2, 0) is 0 Å². The zero-order valence-corrected chi connectivity index (χ0v) is 13.6. The van der Waals surface area contributed by atoms with Crippen LogP contribution in [0.25, 0.3) is 27.4 Å². The summed E-state index contributed by atoms with van der Waals surface area (Å²) in [5.41, 5.74) is 0.196. The van der Waals surface area contributed by atoms with Gasteiger partial charge in [0.05, 0.1) is 23.0 Å². The largest absolute Gasteiger partial charge is 0.417 e. The topological polar surface area (TPSA) is 66.5 Å². The molecule has 136 valence electrons. The van der Waals surface area contributed by atoms with E-state index < -0.39 is 23.3 Å². The van der Waals surface area contributed by atoms with Crippen LogP contribution in [-0.4, -0.2) is 26.3 Å². The van der Waals surface area contributed by atoms with Crippen LogP contribution in [0.1, 0.15) is 5.69 Å². The van der Waals surface area contributed by atoms with Gasteiger partial charge in [-0.25, -0.2) is 4.39 Å². The van der Waals surface area contributed by atoms with Crippen molar-refractivity contribution in [1.82, 2.24) is 20.2 Å². The van der Waals surface area contributed by atoms with Crippen molar-refractivity contribution in [2.75, 3.05) is 5.32 Å². The number of hydrogen-bond donors (Lipinski definition) is 2. The number of halogens is 4. The molecule has 3 aromatic heterocycles. The van der Waals surface area contributed by atoms with E-state index in [0.717, 1.165) is 6.20 Å². The molecule has 1 aromatic carbocycles. The second kappa shape index (κ2) is 6.04. The van der Waals surface area contributed by atoms with Gasteiger partial charge in [-0.2, -0.15) is 18.3 Å². The maximum absolute atomic E-state index is 14.2. The Bertz CT molecular complexity index is 1180. The van der Waals surface area contributed by atoms with Gasteiger partial charge < -0.3 is 5.32 Å². The van der Waals surface area contributed by atoms with Crippen molar-refractivity contribution in [3.63, 3.8) is 0 Å². The highest BCUT2D eigenvalue weighted by Crippen LogP contribution is 2.36. The number of anilines is 2. The zero-order chi connectivity index (χ0) is 19.2. The van der Waals surface area contributed by atoms with Gasteiger partial charge in [0.1, 0.15) is 11.3 Å². The number of fused-ring (bicyclic) bond motifs is 2. The van der Waals surface area contributed by atoms with Crippen LogP contribution < -0.4 is 5.32 Å². The number of pyridine rings is 2. The normalized spacial score (nSPS) is 11.9. The molecule has 0 radical (unpaired) electrons. The molecular formula is C18H11F4N5. The van der Waals surface area contributed by atoms with Gasteiger partial charge >= 0.3 is 6.18 Å². The number of aromatic nitrogens is 4. The lowest BCUT2D eigenvalue weighted by atomic mass is 10.0. The number of aromatic amines is 1. The van der Waals surface area contributed by atoms with Crippen molar-refractivity contribution >= 4 is 38.9 Å². The van der Waals surface area contributed by atoms with E-state index in [1.807, 2.05) is 0 Å². The summed E-state index contributed by atoms with van der Waals surface area (Å²) >= 11 is 0. The van der Waals surface area contributed by atoms with Crippen molar-refractivity contribution < 1.29 is 17.6 Å². The summed E-state index contributed by atoms with van der Waals surface area (Å²) in [6, 6.07) is 7.81. The molecule has 0 bridgehead atoms. The molecule has 2 N–H and O–H groups in total. The van der Waals surface area contributed by atoms with Gasteiger partial charge in [-0.3, -0.25) is 15.1 Å². The fraction of sp³-hybridized carbons (Fsp3) is 0.0556. The van der Waals surface area contributed by atoms with Crippen LogP contribution in [0.3, 0.4) is 0 Å². The van der Waals surface area contributed by atoms with Crippen molar-refractivity contribution in [2.24, 2.45) is 0 Å². The first-order valence-electron chi connectivity index (χ1n) is 7.75. The summed E-state index contributed by atoms with van der Waals surface area (Å²) in [6.45, 7) is 3.05. The Balaban J connectivity index is 1.78. The Morgan fingerprint density at radius 3 is 2.70 bits per heavy atom. The number of hydrogen-bond acceptors (Lipinski definition) is 4. The zero-order valence-electron chi connectivity index (χ0n) is 13.6. The highest BCUT2D eigenvalue weighted by molar-refractivity contribution is 5.96. The average molecular weight is 373 g/mol. The van der Waals surface area contributed by atoms with E-state index in [2.05, 4.69) is 32.1 Å². The number of nitrogens with one attached hydrogen (secondary N) is 2. The summed E-state index contributed by atoms with van der Waals surface area (Å²) < 4.78 is 53.1. The molecule has 0 unspecified atom stereocenters. The molecule has 0 amide bonds. The monoisotopic (exact) mass is 373 g/mol. The molecule has 0 saturated heterocycles. The average Bonchev–Trinajstić information content (AvgIpc) is 3.04. The van der Waals surface area contributed by atoms with E-state index in [0.29, 0.717) is 22.5 Å². The SMILES string of the molecule is C=C(c1ncc(F)c2cc(Nc3n[nH]c4cccnc34)ccc12)C(F)(F)F. The predicted octanol–water partition coefficient (Wildman–Crippen LogP) is 4.96. The van der Waals surface area contributed by atoms with Crippen LogP contribution in [0.4, 0.5) is 29.1 Å². The van der Waals surface area contributed by atoms with E-state index in [1.54, 1.807) is 18.3 Å². The lowest BCUT2D eigenvalue weighted by Crippen LogP contribution is -2.11. The van der Waals surface area contributed by atoms with Gasteiger partial charge in [-0.15, -0.1) is 0 Å². The van der Waals surface area contributed by atoms with Crippen molar-refractivity contribution in [3.8, 4) is 0 Å². The van der Waals surface area contributed by atoms with E-state index >= 15 is 0 Å². The minimum absolute atomic E-state index is 0.0109. The molecule has 0 saturated carbocycles. The van der Waals surface area contributed by atoms with Gasteiger partial charge in [0.25, 0.3) is 0 Å². The Morgan fingerprint density at radius 2 is 1.93 bits per heavy atom. The Labute approximate surface area is 149 Å². The number of alkyl halides is 3. The van der Waals surface area contributed by atoms with E-state index in [-0.39, 0.29) is 10.8 Å². The molecule has 9 heteroatoms. The smallest absolute Gasteiger partial charge is 0.337 e. The lowest BCUT2D eigenvalue weighted by molar-refractivity contribution is -0.0688. The van der Waals surface area contributed by atoms with Gasteiger partial charge in [-0.05, 0) is 24.3 Å². The second-order valence-electron chi connectivity index (χ2n) is 5.79. The summed E-state index contributed by atoms with van der Waals surface area (Å²) in [5, 5.41) is 9.90. The Hall–Kier alpha value is -3.49. The number of allylic oxidation sites excluding steroid dienone is 1. The van der Waals surface area contributed by atoms with Gasteiger partial charge in [0, 0.05) is 22.7 Å². The third kappa shape index (κ3) is 2.97. The van der Waals surface area contributed by atoms with E-state index in [4.69, 9.17) is 0 Å². The molecule has 3 heterocycles. The number of rotatable bonds is 3. The number of nitrogens with zero attached hydrogens (tertiary/aromatic N) is 3. The maximum Gasteiger partial charge on any atom is 0.417 e. The molecule has 0 spiro atoms. The molecule has 4 aromatic rings. The minimum Gasteiger partial charge on any atom is -0.337 e. The molecule has 27 heavy (non-hydrogen) atoms. The maximum atomic E-state index is 14.2. The molecule has 0 aliphatic heterocycles. The minimum atomic E-state index is -4.66. The third-order valence-electron chi connectivity index (χ3n) is 4.05. The predicted molar refractivity (Wildman–Crippen MR) is 94.0 cm³/mol. The van der Waals surface area contributed by atoms with Crippen LogP contribution in [0.5, 0.6) is 0 Å². The van der Waals surface area contributed by atoms with E-state index in [9.17, 15) is 17.6 Å². The highest BCUT2D eigenvalue weighted by atomic mass is 19.4. The molecule has 0 aliphatic carbocycles.